The molecule has 1 saturated carbocycles. The quantitative estimate of drug-likeness (QED) is 0.804. The number of aromatic nitrogens is 4. The molecule has 2 aromatic heterocycles. The van der Waals surface area contributed by atoms with E-state index in [0.29, 0.717) is 11.6 Å². The van der Waals surface area contributed by atoms with Crippen molar-refractivity contribution in [3.63, 3.8) is 0 Å². The molecule has 0 aliphatic heterocycles. The molecule has 6 nitrogen and oxygen atoms in total. The van der Waals surface area contributed by atoms with Gasteiger partial charge in [0, 0.05) is 16.6 Å². The smallest absolute Gasteiger partial charge is 0.256 e. The van der Waals surface area contributed by atoms with Crippen LogP contribution in [0.1, 0.15) is 29.2 Å². The standard InChI is InChI=1S/C15H13N5OS/c21-15(11-6-7-22-9-11)16-12-3-1-2-10(8-12)14-17-18-19-20(14)13-4-5-13/h1-3,6-9,13H,4-5H2,(H,16,21). The molecule has 1 amide bonds. The van der Waals surface area contributed by atoms with Gasteiger partial charge in [0.15, 0.2) is 5.82 Å². The van der Waals surface area contributed by atoms with E-state index in [1.807, 2.05) is 39.7 Å². The first-order valence-corrected chi connectivity index (χ1v) is 7.97. The number of hydrogen-bond acceptors (Lipinski definition) is 5. The van der Waals surface area contributed by atoms with Crippen LogP contribution in [0.15, 0.2) is 41.1 Å². The van der Waals surface area contributed by atoms with Gasteiger partial charge in [-0.25, -0.2) is 4.68 Å². The highest BCUT2D eigenvalue weighted by molar-refractivity contribution is 7.08. The van der Waals surface area contributed by atoms with E-state index < -0.39 is 0 Å². The average molecular weight is 311 g/mol. The second-order valence-corrected chi connectivity index (χ2v) is 6.01. The van der Waals surface area contributed by atoms with Crippen LogP contribution >= 0.6 is 11.3 Å². The fourth-order valence-corrected chi connectivity index (χ4v) is 2.92. The lowest BCUT2D eigenvalue weighted by atomic mass is 10.2. The first-order valence-electron chi connectivity index (χ1n) is 7.03. The minimum Gasteiger partial charge on any atom is -0.322 e. The van der Waals surface area contributed by atoms with E-state index in [1.54, 1.807) is 6.07 Å². The topological polar surface area (TPSA) is 72.7 Å². The van der Waals surface area contributed by atoms with Crippen LogP contribution < -0.4 is 5.32 Å². The monoisotopic (exact) mass is 311 g/mol. The summed E-state index contributed by atoms with van der Waals surface area (Å²) in [6.45, 7) is 0. The Hall–Kier alpha value is -2.54. The lowest BCUT2D eigenvalue weighted by Gasteiger charge is -2.07. The highest BCUT2D eigenvalue weighted by Gasteiger charge is 2.28. The SMILES string of the molecule is O=C(Nc1cccc(-c2nnnn2C2CC2)c1)c1ccsc1. The molecule has 0 saturated heterocycles. The number of nitrogens with one attached hydrogen (secondary N) is 1. The highest BCUT2D eigenvalue weighted by Crippen LogP contribution is 2.36. The zero-order valence-electron chi connectivity index (χ0n) is 11.6. The molecule has 1 fully saturated rings. The average Bonchev–Trinajstić information content (AvgIpc) is 3.05. The van der Waals surface area contributed by atoms with Crippen LogP contribution in [0.4, 0.5) is 5.69 Å². The first-order chi connectivity index (χ1) is 10.8. The molecule has 2 heterocycles. The Kier molecular flexibility index (Phi) is 3.19. The minimum atomic E-state index is -0.111. The van der Waals surface area contributed by atoms with E-state index in [-0.39, 0.29) is 5.91 Å². The zero-order chi connectivity index (χ0) is 14.9. The van der Waals surface area contributed by atoms with Gasteiger partial charge in [-0.15, -0.1) is 5.10 Å². The Balaban J connectivity index is 1.60. The lowest BCUT2D eigenvalue weighted by Crippen LogP contribution is -2.10. The van der Waals surface area contributed by atoms with Crippen molar-refractivity contribution in [1.82, 2.24) is 20.2 Å². The van der Waals surface area contributed by atoms with E-state index in [2.05, 4.69) is 20.8 Å². The van der Waals surface area contributed by atoms with Gasteiger partial charge in [0.2, 0.25) is 0 Å². The third-order valence-corrected chi connectivity index (χ3v) is 4.23. The Morgan fingerprint density at radius 1 is 1.32 bits per heavy atom. The normalized spacial score (nSPS) is 14.0. The maximum atomic E-state index is 12.1. The molecule has 0 spiro atoms. The van der Waals surface area contributed by atoms with E-state index >= 15 is 0 Å². The number of tetrazole rings is 1. The third-order valence-electron chi connectivity index (χ3n) is 3.55. The summed E-state index contributed by atoms with van der Waals surface area (Å²) < 4.78 is 1.86. The number of hydrogen-bond donors (Lipinski definition) is 1. The summed E-state index contributed by atoms with van der Waals surface area (Å²) in [5.74, 6) is 0.634. The lowest BCUT2D eigenvalue weighted by molar-refractivity contribution is 0.102. The highest BCUT2D eigenvalue weighted by atomic mass is 32.1. The molecular weight excluding hydrogens is 298 g/mol. The Labute approximate surface area is 130 Å². The van der Waals surface area contributed by atoms with Crippen LogP contribution in [0.25, 0.3) is 11.4 Å². The third kappa shape index (κ3) is 2.50. The largest absolute Gasteiger partial charge is 0.322 e. The van der Waals surface area contributed by atoms with Gasteiger partial charge in [-0.05, 0) is 46.8 Å². The van der Waals surface area contributed by atoms with Crippen molar-refractivity contribution in [3.8, 4) is 11.4 Å². The van der Waals surface area contributed by atoms with Crippen molar-refractivity contribution in [3.05, 3.63) is 46.7 Å². The summed E-state index contributed by atoms with van der Waals surface area (Å²) in [7, 11) is 0. The van der Waals surface area contributed by atoms with Crippen LogP contribution in [-0.4, -0.2) is 26.1 Å². The maximum Gasteiger partial charge on any atom is 0.256 e. The second-order valence-electron chi connectivity index (χ2n) is 5.23. The van der Waals surface area contributed by atoms with Crippen LogP contribution in [0.2, 0.25) is 0 Å². The molecule has 1 aliphatic rings. The number of rotatable bonds is 4. The molecule has 1 aliphatic carbocycles. The minimum absolute atomic E-state index is 0.111. The van der Waals surface area contributed by atoms with E-state index in [4.69, 9.17) is 0 Å². The molecule has 22 heavy (non-hydrogen) atoms. The van der Waals surface area contributed by atoms with Crippen molar-refractivity contribution in [2.24, 2.45) is 0 Å². The Bertz CT molecular complexity index is 807. The van der Waals surface area contributed by atoms with Gasteiger partial charge >= 0.3 is 0 Å². The second kappa shape index (κ2) is 5.34. The molecule has 0 radical (unpaired) electrons. The summed E-state index contributed by atoms with van der Waals surface area (Å²) in [6.07, 6.45) is 2.24. The van der Waals surface area contributed by atoms with Crippen LogP contribution in [0.5, 0.6) is 0 Å². The van der Waals surface area contributed by atoms with Crippen molar-refractivity contribution < 1.29 is 4.79 Å². The summed E-state index contributed by atoms with van der Waals surface area (Å²) in [5.41, 5.74) is 2.30. The summed E-state index contributed by atoms with van der Waals surface area (Å²) in [4.78, 5) is 12.1. The number of benzene rings is 1. The molecule has 3 aromatic rings. The fraction of sp³-hybridized carbons (Fsp3) is 0.200. The molecule has 110 valence electrons. The summed E-state index contributed by atoms with van der Waals surface area (Å²) in [6, 6.07) is 9.81. The van der Waals surface area contributed by atoms with E-state index in [1.165, 1.54) is 11.3 Å². The Morgan fingerprint density at radius 3 is 3.00 bits per heavy atom. The van der Waals surface area contributed by atoms with Crippen molar-refractivity contribution in [2.45, 2.75) is 18.9 Å². The Morgan fingerprint density at radius 2 is 2.23 bits per heavy atom. The van der Waals surface area contributed by atoms with Gasteiger partial charge < -0.3 is 5.32 Å². The van der Waals surface area contributed by atoms with Crippen molar-refractivity contribution in [2.75, 3.05) is 5.32 Å². The fourth-order valence-electron chi connectivity index (χ4n) is 2.28. The molecule has 4 rings (SSSR count). The van der Waals surface area contributed by atoms with Crippen molar-refractivity contribution in [1.29, 1.82) is 0 Å². The van der Waals surface area contributed by atoms with Gasteiger partial charge in [0.25, 0.3) is 5.91 Å². The van der Waals surface area contributed by atoms with Crippen LogP contribution in [0.3, 0.4) is 0 Å². The van der Waals surface area contributed by atoms with Gasteiger partial charge in [-0.1, -0.05) is 12.1 Å². The molecule has 0 unspecified atom stereocenters. The van der Waals surface area contributed by atoms with Gasteiger partial charge in [-0.2, -0.15) is 11.3 Å². The first kappa shape index (κ1) is 13.1. The zero-order valence-corrected chi connectivity index (χ0v) is 12.5. The van der Waals surface area contributed by atoms with Crippen molar-refractivity contribution >= 4 is 22.9 Å². The number of amides is 1. The molecule has 0 atom stereocenters. The van der Waals surface area contributed by atoms with E-state index in [9.17, 15) is 4.79 Å². The van der Waals surface area contributed by atoms with E-state index in [0.717, 1.165) is 29.9 Å². The van der Waals surface area contributed by atoms with Gasteiger partial charge in [-0.3, -0.25) is 4.79 Å². The van der Waals surface area contributed by atoms with Crippen LogP contribution in [0, 0.1) is 0 Å². The molecular formula is C15H13N5OS. The molecule has 7 heteroatoms. The number of carbonyl (C=O) groups is 1. The molecule has 1 aromatic carbocycles. The maximum absolute atomic E-state index is 12.1. The molecule has 1 N–H and O–H groups in total. The molecule has 0 bridgehead atoms. The number of carbonyl (C=O) groups excluding carboxylic acids is 1. The number of thiophene rings is 1. The number of anilines is 1. The predicted octanol–water partition coefficient (Wildman–Crippen LogP) is 2.99. The number of nitrogens with zero attached hydrogens (tertiary/aromatic N) is 4. The van der Waals surface area contributed by atoms with Gasteiger partial charge in [0.1, 0.15) is 0 Å². The van der Waals surface area contributed by atoms with Crippen LogP contribution in [-0.2, 0) is 0 Å². The summed E-state index contributed by atoms with van der Waals surface area (Å²) in [5, 5.41) is 18.5. The summed E-state index contributed by atoms with van der Waals surface area (Å²) >= 11 is 1.50. The predicted molar refractivity (Wildman–Crippen MR) is 83.8 cm³/mol. The van der Waals surface area contributed by atoms with Gasteiger partial charge in [0.05, 0.1) is 11.6 Å².